The predicted molar refractivity (Wildman–Crippen MR) is 70.7 cm³/mol. The Morgan fingerprint density at radius 1 is 1.19 bits per heavy atom. The van der Waals surface area contributed by atoms with Crippen molar-refractivity contribution in [3.63, 3.8) is 0 Å². The van der Waals surface area contributed by atoms with Gasteiger partial charge >= 0.3 is 12.1 Å². The van der Waals surface area contributed by atoms with Gasteiger partial charge in [-0.1, -0.05) is 24.3 Å². The molecule has 1 aromatic heterocycles. The zero-order chi connectivity index (χ0) is 15.5. The first-order valence-electron chi connectivity index (χ1n) is 5.97. The van der Waals surface area contributed by atoms with Crippen molar-refractivity contribution in [3.05, 3.63) is 57.8 Å². The van der Waals surface area contributed by atoms with E-state index in [9.17, 15) is 18.0 Å². The van der Waals surface area contributed by atoms with E-state index in [2.05, 4.69) is 4.89 Å². The van der Waals surface area contributed by atoms with Crippen LogP contribution in [0.15, 0.2) is 41.8 Å². The van der Waals surface area contributed by atoms with Crippen LogP contribution in [0, 0.1) is 0 Å². The Morgan fingerprint density at radius 3 is 2.52 bits per heavy atom. The summed E-state index contributed by atoms with van der Waals surface area (Å²) in [7, 11) is 0. The van der Waals surface area contributed by atoms with Gasteiger partial charge in [-0.2, -0.15) is 18.1 Å². The summed E-state index contributed by atoms with van der Waals surface area (Å²) in [5.41, 5.74) is -0.909. The van der Waals surface area contributed by atoms with Crippen molar-refractivity contribution >= 4 is 17.3 Å². The smallest absolute Gasteiger partial charge is 0.291 e. The summed E-state index contributed by atoms with van der Waals surface area (Å²) in [4.78, 5) is 21.3. The molecule has 0 aliphatic rings. The maximum atomic E-state index is 12.9. The quantitative estimate of drug-likeness (QED) is 0.610. The minimum Gasteiger partial charge on any atom is -0.291 e. The molecule has 0 radical (unpaired) electrons. The van der Waals surface area contributed by atoms with Crippen LogP contribution in [0.5, 0.6) is 0 Å². The summed E-state index contributed by atoms with van der Waals surface area (Å²) in [5.74, 6) is -0.735. The van der Waals surface area contributed by atoms with Gasteiger partial charge in [0.15, 0.2) is 0 Å². The molecular formula is C14H11F3O3S. The van der Waals surface area contributed by atoms with Crippen molar-refractivity contribution < 1.29 is 27.7 Å². The summed E-state index contributed by atoms with van der Waals surface area (Å²) in [5, 5.41) is 1.68. The van der Waals surface area contributed by atoms with Gasteiger partial charge in [0, 0.05) is 0 Å². The van der Waals surface area contributed by atoms with Gasteiger partial charge in [0.2, 0.25) is 0 Å². The highest BCUT2D eigenvalue weighted by atomic mass is 32.1. The van der Waals surface area contributed by atoms with E-state index in [0.717, 1.165) is 17.4 Å². The van der Waals surface area contributed by atoms with E-state index in [0.29, 0.717) is 4.88 Å². The molecule has 2 aromatic rings. The lowest BCUT2D eigenvalue weighted by Crippen LogP contribution is -2.14. The second-order valence-electron chi connectivity index (χ2n) is 4.17. The Labute approximate surface area is 122 Å². The average Bonchev–Trinajstić information content (AvgIpc) is 2.97. The third-order valence-electron chi connectivity index (χ3n) is 2.69. The van der Waals surface area contributed by atoms with E-state index < -0.39 is 23.8 Å². The highest BCUT2D eigenvalue weighted by molar-refractivity contribution is 7.11. The molecule has 1 heterocycles. The van der Waals surface area contributed by atoms with Gasteiger partial charge in [-0.05, 0) is 30.0 Å². The lowest BCUT2D eigenvalue weighted by Gasteiger charge is -2.17. The van der Waals surface area contributed by atoms with Crippen LogP contribution in [0.1, 0.15) is 33.8 Å². The maximum absolute atomic E-state index is 12.9. The van der Waals surface area contributed by atoms with Gasteiger partial charge in [0.25, 0.3) is 0 Å². The highest BCUT2D eigenvalue weighted by Gasteiger charge is 2.34. The largest absolute Gasteiger partial charge is 0.416 e. The molecule has 0 aliphatic carbocycles. The normalized spacial score (nSPS) is 13.0. The number of hydrogen-bond donors (Lipinski definition) is 0. The molecule has 2 rings (SSSR count). The molecule has 7 heteroatoms. The van der Waals surface area contributed by atoms with Gasteiger partial charge in [-0.3, -0.25) is 4.89 Å². The lowest BCUT2D eigenvalue weighted by molar-refractivity contribution is -0.273. The molecule has 0 N–H and O–H groups in total. The van der Waals surface area contributed by atoms with Crippen LogP contribution in [-0.4, -0.2) is 5.97 Å². The molecule has 1 atom stereocenters. The van der Waals surface area contributed by atoms with Crippen LogP contribution in [0.4, 0.5) is 13.2 Å². The van der Waals surface area contributed by atoms with Gasteiger partial charge in [-0.25, -0.2) is 4.79 Å². The number of benzene rings is 1. The van der Waals surface area contributed by atoms with Gasteiger partial charge in [-0.15, -0.1) is 11.3 Å². The van der Waals surface area contributed by atoms with Crippen molar-refractivity contribution in [2.75, 3.05) is 0 Å². The van der Waals surface area contributed by atoms with Crippen LogP contribution in [0.2, 0.25) is 0 Å². The van der Waals surface area contributed by atoms with Gasteiger partial charge in [0.1, 0.15) is 11.0 Å². The maximum Gasteiger partial charge on any atom is 0.416 e. The molecule has 0 saturated carbocycles. The molecule has 0 bridgehead atoms. The van der Waals surface area contributed by atoms with E-state index in [4.69, 9.17) is 4.89 Å². The zero-order valence-electron chi connectivity index (χ0n) is 10.9. The topological polar surface area (TPSA) is 35.5 Å². The number of rotatable bonds is 4. The predicted octanol–water partition coefficient (Wildman–Crippen LogP) is 4.62. The Kier molecular flexibility index (Phi) is 4.64. The fourth-order valence-electron chi connectivity index (χ4n) is 1.71. The molecule has 0 unspecified atom stereocenters. The SMILES string of the molecule is C[C@@H](OOC(=O)c1cccs1)c1ccccc1C(F)(F)F. The average molecular weight is 316 g/mol. The van der Waals surface area contributed by atoms with Crippen LogP contribution in [0.3, 0.4) is 0 Å². The van der Waals surface area contributed by atoms with Crippen molar-refractivity contribution in [1.29, 1.82) is 0 Å². The van der Waals surface area contributed by atoms with Crippen molar-refractivity contribution in [1.82, 2.24) is 0 Å². The Hall–Kier alpha value is -1.86. The monoisotopic (exact) mass is 316 g/mol. The first-order valence-corrected chi connectivity index (χ1v) is 6.85. The Morgan fingerprint density at radius 2 is 1.90 bits per heavy atom. The summed E-state index contributed by atoms with van der Waals surface area (Å²) in [6.45, 7) is 1.38. The highest BCUT2D eigenvalue weighted by Crippen LogP contribution is 2.35. The molecule has 0 aliphatic heterocycles. The summed E-state index contributed by atoms with van der Waals surface area (Å²) in [6.07, 6.45) is -5.53. The molecule has 0 fully saturated rings. The van der Waals surface area contributed by atoms with E-state index in [-0.39, 0.29) is 5.56 Å². The number of halogens is 3. The first kappa shape index (κ1) is 15.5. The van der Waals surface area contributed by atoms with Crippen LogP contribution in [0.25, 0.3) is 0 Å². The Balaban J connectivity index is 2.07. The van der Waals surface area contributed by atoms with Crippen molar-refractivity contribution in [2.45, 2.75) is 19.2 Å². The molecule has 0 saturated heterocycles. The van der Waals surface area contributed by atoms with E-state index in [1.807, 2.05) is 0 Å². The standard InChI is InChI=1S/C14H11F3O3S/c1-9(19-20-13(18)12-7-4-8-21-12)10-5-2-3-6-11(10)14(15,16)17/h2-9H,1H3/t9-/m1/s1. The number of carbonyl (C=O) groups is 1. The molecule has 1 aromatic carbocycles. The van der Waals surface area contributed by atoms with Gasteiger partial charge < -0.3 is 0 Å². The third-order valence-corrected chi connectivity index (χ3v) is 3.54. The van der Waals surface area contributed by atoms with Crippen LogP contribution < -0.4 is 0 Å². The van der Waals surface area contributed by atoms with Gasteiger partial charge in [0.05, 0.1) is 5.56 Å². The van der Waals surface area contributed by atoms with Crippen molar-refractivity contribution in [3.8, 4) is 0 Å². The summed E-state index contributed by atoms with van der Waals surface area (Å²) in [6, 6.07) is 8.18. The first-order chi connectivity index (χ1) is 9.89. The van der Waals surface area contributed by atoms with E-state index >= 15 is 0 Å². The fraction of sp³-hybridized carbons (Fsp3) is 0.214. The third kappa shape index (κ3) is 3.83. The summed E-state index contributed by atoms with van der Waals surface area (Å²) < 4.78 is 38.6. The number of alkyl halides is 3. The molecule has 112 valence electrons. The minimum atomic E-state index is -4.49. The van der Waals surface area contributed by atoms with Crippen LogP contribution >= 0.6 is 11.3 Å². The zero-order valence-corrected chi connectivity index (χ0v) is 11.7. The number of carbonyl (C=O) groups excluding carboxylic acids is 1. The van der Waals surface area contributed by atoms with E-state index in [1.54, 1.807) is 11.4 Å². The Bertz CT molecular complexity index is 608. The van der Waals surface area contributed by atoms with Crippen LogP contribution in [-0.2, 0) is 16.0 Å². The molecular weight excluding hydrogens is 305 g/mol. The minimum absolute atomic E-state index is 0.0935. The number of thiophene rings is 1. The fourth-order valence-corrected chi connectivity index (χ4v) is 2.30. The second-order valence-corrected chi connectivity index (χ2v) is 5.12. The summed E-state index contributed by atoms with van der Waals surface area (Å²) >= 11 is 1.15. The number of hydrogen-bond acceptors (Lipinski definition) is 4. The molecule has 0 spiro atoms. The van der Waals surface area contributed by atoms with Crippen molar-refractivity contribution in [2.24, 2.45) is 0 Å². The lowest BCUT2D eigenvalue weighted by atomic mass is 10.0. The molecule has 0 amide bonds. The van der Waals surface area contributed by atoms with E-state index in [1.165, 1.54) is 31.2 Å². The molecule has 3 nitrogen and oxygen atoms in total. The second kappa shape index (κ2) is 6.28. The molecule has 21 heavy (non-hydrogen) atoms.